The maximum absolute atomic E-state index is 12.6. The monoisotopic (exact) mass is 383 g/mol. The lowest BCUT2D eigenvalue weighted by Gasteiger charge is -2.18. The maximum Gasteiger partial charge on any atom is 0.243 e. The van der Waals surface area contributed by atoms with E-state index < -0.39 is 10.0 Å². The molecule has 0 aliphatic carbocycles. The van der Waals surface area contributed by atoms with Crippen molar-refractivity contribution >= 4 is 44.2 Å². The number of hydrogen-bond donors (Lipinski definition) is 1. The number of rotatable bonds is 7. The van der Waals surface area contributed by atoms with Crippen LogP contribution in [0.25, 0.3) is 11.0 Å². The number of H-pyrrole nitrogens is 1. The highest BCUT2D eigenvalue weighted by Gasteiger charge is 2.22. The summed E-state index contributed by atoms with van der Waals surface area (Å²) >= 11 is 3.02. The summed E-state index contributed by atoms with van der Waals surface area (Å²) in [5.41, 5.74) is 3.16. The normalized spacial score (nSPS) is 12.3. The molecule has 0 saturated heterocycles. The van der Waals surface area contributed by atoms with Gasteiger partial charge in [0.25, 0.3) is 0 Å². The van der Waals surface area contributed by atoms with E-state index in [2.05, 4.69) is 20.2 Å². The molecule has 0 amide bonds. The lowest BCUT2D eigenvalue weighted by molar-refractivity contribution is 0.445. The number of nitrogens with one attached hydrogen (secondary N) is 1. The molecule has 128 valence electrons. The lowest BCUT2D eigenvalue weighted by Crippen LogP contribution is -2.30. The number of hydrogen-bond acceptors (Lipinski definition) is 7. The summed E-state index contributed by atoms with van der Waals surface area (Å²) < 4.78 is 27.5. The molecule has 0 spiro atoms. The first-order chi connectivity index (χ1) is 11.5. The third-order valence-electron chi connectivity index (χ3n) is 3.52. The predicted octanol–water partition coefficient (Wildman–Crippen LogP) is 2.74. The number of thioether (sulfide) groups is 1. The molecule has 24 heavy (non-hydrogen) atoms. The van der Waals surface area contributed by atoms with Crippen molar-refractivity contribution < 1.29 is 8.42 Å². The number of benzene rings is 1. The smallest absolute Gasteiger partial charge is 0.243 e. The largest absolute Gasteiger partial charge is 0.341 e. The third kappa shape index (κ3) is 3.46. The molecule has 0 radical (unpaired) electrons. The fourth-order valence-corrected chi connectivity index (χ4v) is 5.18. The minimum atomic E-state index is -3.47. The van der Waals surface area contributed by atoms with Gasteiger partial charge in [0.2, 0.25) is 10.0 Å². The zero-order valence-corrected chi connectivity index (χ0v) is 15.7. The van der Waals surface area contributed by atoms with Crippen LogP contribution >= 0.6 is 23.1 Å². The van der Waals surface area contributed by atoms with Crippen molar-refractivity contribution in [2.45, 2.75) is 28.8 Å². The Morgan fingerprint density at radius 3 is 2.75 bits per heavy atom. The Labute approximate surface area is 148 Å². The van der Waals surface area contributed by atoms with Gasteiger partial charge in [-0.2, -0.15) is 4.31 Å². The Hall–Kier alpha value is -1.49. The van der Waals surface area contributed by atoms with Crippen LogP contribution in [-0.2, 0) is 15.8 Å². The average Bonchev–Trinajstić information content (AvgIpc) is 3.22. The van der Waals surface area contributed by atoms with Gasteiger partial charge in [0.1, 0.15) is 11.3 Å². The zero-order chi connectivity index (χ0) is 17.2. The molecule has 1 aromatic carbocycles. The topological polar surface area (TPSA) is 91.8 Å². The Morgan fingerprint density at radius 1 is 1.29 bits per heavy atom. The van der Waals surface area contributed by atoms with E-state index >= 15 is 0 Å². The van der Waals surface area contributed by atoms with Gasteiger partial charge in [-0.15, -0.1) is 10.2 Å². The average molecular weight is 384 g/mol. The van der Waals surface area contributed by atoms with Crippen molar-refractivity contribution in [3.05, 3.63) is 29.5 Å². The molecule has 0 fully saturated rings. The molecule has 0 unspecified atom stereocenters. The fourth-order valence-electron chi connectivity index (χ4n) is 2.34. The summed E-state index contributed by atoms with van der Waals surface area (Å²) in [4.78, 5) is 7.96. The highest BCUT2D eigenvalue weighted by atomic mass is 32.2. The number of nitrogens with zero attached hydrogens (tertiary/aromatic N) is 4. The molecule has 0 bridgehead atoms. The lowest BCUT2D eigenvalue weighted by atomic mass is 10.3. The van der Waals surface area contributed by atoms with Gasteiger partial charge in [0.15, 0.2) is 4.34 Å². The summed E-state index contributed by atoms with van der Waals surface area (Å²) in [5.74, 6) is 1.41. The second kappa shape index (κ2) is 7.18. The van der Waals surface area contributed by atoms with Crippen LogP contribution in [0.1, 0.15) is 19.7 Å². The van der Waals surface area contributed by atoms with Crippen molar-refractivity contribution in [3.8, 4) is 0 Å². The predicted molar refractivity (Wildman–Crippen MR) is 95.7 cm³/mol. The quantitative estimate of drug-likeness (QED) is 0.631. The van der Waals surface area contributed by atoms with Crippen molar-refractivity contribution in [1.82, 2.24) is 24.5 Å². The molecule has 1 N–H and O–H groups in total. The SMILES string of the molecule is CCN(CC)S(=O)(=O)c1ccc2nc(CSc3nncs3)[nH]c2c1. The molecule has 0 atom stereocenters. The molecule has 0 aliphatic heterocycles. The minimum Gasteiger partial charge on any atom is -0.341 e. The Kier molecular flexibility index (Phi) is 5.18. The van der Waals surface area contributed by atoms with E-state index in [0.29, 0.717) is 18.8 Å². The summed E-state index contributed by atoms with van der Waals surface area (Å²) in [6.07, 6.45) is 0. The van der Waals surface area contributed by atoms with Gasteiger partial charge < -0.3 is 4.98 Å². The minimum absolute atomic E-state index is 0.283. The molecule has 0 saturated carbocycles. The molecule has 10 heteroatoms. The second-order valence-corrected chi connectivity index (χ2v) is 8.94. The van der Waals surface area contributed by atoms with Crippen molar-refractivity contribution in [3.63, 3.8) is 0 Å². The maximum atomic E-state index is 12.6. The first kappa shape index (κ1) is 17.3. The molecule has 2 heterocycles. The summed E-state index contributed by atoms with van der Waals surface area (Å²) in [7, 11) is -3.47. The van der Waals surface area contributed by atoms with E-state index in [9.17, 15) is 8.42 Å². The highest BCUT2D eigenvalue weighted by molar-refractivity contribution is 8.00. The molecule has 3 rings (SSSR count). The summed E-state index contributed by atoms with van der Waals surface area (Å²) in [6, 6.07) is 4.99. The second-order valence-electron chi connectivity index (χ2n) is 4.95. The summed E-state index contributed by atoms with van der Waals surface area (Å²) in [5, 5.41) is 7.77. The number of sulfonamides is 1. The zero-order valence-electron chi connectivity index (χ0n) is 13.3. The van der Waals surface area contributed by atoms with E-state index in [1.807, 2.05) is 13.8 Å². The number of aromatic amines is 1. The Bertz CT molecular complexity index is 917. The van der Waals surface area contributed by atoms with Crippen LogP contribution in [0.4, 0.5) is 0 Å². The van der Waals surface area contributed by atoms with Crippen LogP contribution in [-0.4, -0.2) is 46.0 Å². The van der Waals surface area contributed by atoms with Gasteiger partial charge in [0, 0.05) is 13.1 Å². The molecule has 2 aromatic heterocycles. The molecular weight excluding hydrogens is 366 g/mol. The summed E-state index contributed by atoms with van der Waals surface area (Å²) in [6.45, 7) is 4.56. The number of imidazole rings is 1. The first-order valence-corrected chi connectivity index (χ1v) is 10.7. The first-order valence-electron chi connectivity index (χ1n) is 7.42. The highest BCUT2D eigenvalue weighted by Crippen LogP contribution is 2.25. The van der Waals surface area contributed by atoms with Gasteiger partial charge in [-0.3, -0.25) is 0 Å². The van der Waals surface area contributed by atoms with Crippen LogP contribution in [0.2, 0.25) is 0 Å². The standard InChI is InChI=1S/C14H17N5O2S3/c1-3-19(4-2)24(20,21)10-5-6-11-12(7-10)17-13(16-11)8-22-14-18-15-9-23-14/h5-7,9H,3-4,8H2,1-2H3,(H,16,17). The van der Waals surface area contributed by atoms with Crippen LogP contribution in [0.5, 0.6) is 0 Å². The van der Waals surface area contributed by atoms with E-state index in [-0.39, 0.29) is 4.90 Å². The van der Waals surface area contributed by atoms with Gasteiger partial charge in [-0.1, -0.05) is 36.9 Å². The number of aromatic nitrogens is 4. The van der Waals surface area contributed by atoms with E-state index in [1.54, 1.807) is 35.5 Å². The Balaban J connectivity index is 1.86. The molecular formula is C14H17N5O2S3. The van der Waals surface area contributed by atoms with Crippen molar-refractivity contribution in [2.75, 3.05) is 13.1 Å². The van der Waals surface area contributed by atoms with Gasteiger partial charge >= 0.3 is 0 Å². The van der Waals surface area contributed by atoms with Gasteiger partial charge in [-0.05, 0) is 18.2 Å². The molecule has 3 aromatic rings. The molecule has 7 nitrogen and oxygen atoms in total. The van der Waals surface area contributed by atoms with E-state index in [1.165, 1.54) is 15.6 Å². The van der Waals surface area contributed by atoms with E-state index in [4.69, 9.17) is 0 Å². The van der Waals surface area contributed by atoms with Crippen molar-refractivity contribution in [2.24, 2.45) is 0 Å². The van der Waals surface area contributed by atoms with Crippen LogP contribution < -0.4 is 0 Å². The Morgan fingerprint density at radius 2 is 2.08 bits per heavy atom. The van der Waals surface area contributed by atoms with Crippen molar-refractivity contribution in [1.29, 1.82) is 0 Å². The fraction of sp³-hybridized carbons (Fsp3) is 0.357. The third-order valence-corrected chi connectivity index (χ3v) is 7.44. The van der Waals surface area contributed by atoms with Crippen LogP contribution in [0.15, 0.2) is 32.9 Å². The van der Waals surface area contributed by atoms with Gasteiger partial charge in [-0.25, -0.2) is 13.4 Å². The van der Waals surface area contributed by atoms with E-state index in [0.717, 1.165) is 21.2 Å². The molecule has 0 aliphatic rings. The van der Waals surface area contributed by atoms with Crippen LogP contribution in [0.3, 0.4) is 0 Å². The van der Waals surface area contributed by atoms with Crippen LogP contribution in [0, 0.1) is 0 Å². The number of fused-ring (bicyclic) bond motifs is 1. The van der Waals surface area contributed by atoms with Gasteiger partial charge in [0.05, 0.1) is 21.7 Å².